The number of para-hydroxylation sites is 3. The van der Waals surface area contributed by atoms with Gasteiger partial charge in [-0.05, 0) is 29.0 Å². The average molecular weight is 483 g/mol. The predicted molar refractivity (Wildman–Crippen MR) is 129 cm³/mol. The third-order valence-corrected chi connectivity index (χ3v) is 6.33. The summed E-state index contributed by atoms with van der Waals surface area (Å²) in [7, 11) is 0. The van der Waals surface area contributed by atoms with Gasteiger partial charge in [-0.2, -0.15) is 0 Å². The van der Waals surface area contributed by atoms with Gasteiger partial charge in [0.05, 0.1) is 34.2 Å². The highest BCUT2D eigenvalue weighted by atomic mass is 127. The molecule has 3 heteroatoms. The zero-order chi connectivity index (χ0) is 20.1. The summed E-state index contributed by atoms with van der Waals surface area (Å²) in [4.78, 5) is 0. The molecule has 0 saturated heterocycles. The van der Waals surface area contributed by atoms with Crippen molar-refractivity contribution in [1.29, 1.82) is 0 Å². The fourth-order valence-electron chi connectivity index (χ4n) is 3.83. The van der Waals surface area contributed by atoms with E-state index in [9.17, 15) is 0 Å². The summed E-state index contributed by atoms with van der Waals surface area (Å²) in [5, 5.41) is 2.36. The van der Waals surface area contributed by atoms with Crippen molar-refractivity contribution in [2.24, 2.45) is 0 Å². The molecule has 28 heavy (non-hydrogen) atoms. The molecular weight excluding hydrogens is 457 g/mol. The Morgan fingerprint density at radius 2 is 1.39 bits per heavy atom. The zero-order valence-electron chi connectivity index (χ0n) is 17.1. The van der Waals surface area contributed by atoms with Crippen molar-refractivity contribution in [3.8, 4) is 0 Å². The van der Waals surface area contributed by atoms with E-state index in [4.69, 9.17) is 4.42 Å². The molecule has 0 aliphatic carbocycles. The summed E-state index contributed by atoms with van der Waals surface area (Å²) in [6.07, 6.45) is 0. The molecular formula is C25H26INO. The van der Waals surface area contributed by atoms with Gasteiger partial charge in [0, 0.05) is 16.3 Å². The van der Waals surface area contributed by atoms with Crippen molar-refractivity contribution < 1.29 is 4.42 Å². The predicted octanol–water partition coefficient (Wildman–Crippen LogP) is 8.50. The Morgan fingerprint density at radius 3 is 2.07 bits per heavy atom. The lowest BCUT2D eigenvalue weighted by Crippen LogP contribution is -2.10. The van der Waals surface area contributed by atoms with Gasteiger partial charge in [0.15, 0.2) is 5.58 Å². The van der Waals surface area contributed by atoms with E-state index in [0.29, 0.717) is 5.92 Å². The third kappa shape index (κ3) is 3.20. The standard InChI is InChI=1S/C25H26INO/c1-16(2)17-10-6-7-14-21(17)27(26)22-15-9-12-19-18-11-8-13-20(25(3,4)5)23(18)28-24(19)22/h6-16H,1-5H3. The highest BCUT2D eigenvalue weighted by molar-refractivity contribution is 14.1. The molecule has 0 atom stereocenters. The van der Waals surface area contributed by atoms with Crippen molar-refractivity contribution in [2.75, 3.05) is 3.11 Å². The van der Waals surface area contributed by atoms with Crippen LogP contribution in [0.5, 0.6) is 0 Å². The monoisotopic (exact) mass is 483 g/mol. The second-order valence-electron chi connectivity index (χ2n) is 8.68. The van der Waals surface area contributed by atoms with E-state index < -0.39 is 0 Å². The Balaban J connectivity index is 1.97. The third-order valence-electron chi connectivity index (χ3n) is 5.29. The van der Waals surface area contributed by atoms with Crippen molar-refractivity contribution in [2.45, 2.75) is 46.0 Å². The Morgan fingerprint density at radius 1 is 0.786 bits per heavy atom. The normalized spacial score (nSPS) is 12.2. The first-order valence-corrected chi connectivity index (χ1v) is 10.7. The molecule has 0 amide bonds. The summed E-state index contributed by atoms with van der Waals surface area (Å²) in [6.45, 7) is 11.2. The molecule has 0 aliphatic rings. The fourth-order valence-corrected chi connectivity index (χ4v) is 4.65. The fraction of sp³-hybridized carbons (Fsp3) is 0.280. The molecule has 0 fully saturated rings. The van der Waals surface area contributed by atoms with Gasteiger partial charge in [0.25, 0.3) is 0 Å². The average Bonchev–Trinajstić information content (AvgIpc) is 3.05. The van der Waals surface area contributed by atoms with Gasteiger partial charge in [-0.1, -0.05) is 83.1 Å². The molecule has 0 unspecified atom stereocenters. The van der Waals surface area contributed by atoms with Crippen molar-refractivity contribution in [3.05, 3.63) is 71.8 Å². The highest BCUT2D eigenvalue weighted by Crippen LogP contribution is 2.43. The topological polar surface area (TPSA) is 16.4 Å². The molecule has 1 aromatic heterocycles. The number of benzene rings is 3. The number of hydrogen-bond donors (Lipinski definition) is 0. The van der Waals surface area contributed by atoms with Crippen molar-refractivity contribution in [1.82, 2.24) is 0 Å². The van der Waals surface area contributed by atoms with E-state index in [0.717, 1.165) is 16.9 Å². The number of fused-ring (bicyclic) bond motifs is 3. The summed E-state index contributed by atoms with van der Waals surface area (Å²) in [5.41, 5.74) is 6.85. The Kier molecular flexibility index (Phi) is 4.90. The van der Waals surface area contributed by atoms with E-state index in [-0.39, 0.29) is 5.41 Å². The van der Waals surface area contributed by atoms with Crippen LogP contribution in [-0.2, 0) is 5.41 Å². The second-order valence-corrected chi connectivity index (χ2v) is 9.65. The number of hydrogen-bond acceptors (Lipinski definition) is 2. The van der Waals surface area contributed by atoms with Crippen LogP contribution in [0.3, 0.4) is 0 Å². The smallest absolute Gasteiger partial charge is 0.159 e. The molecule has 0 bridgehead atoms. The molecule has 3 aromatic carbocycles. The SMILES string of the molecule is CC(C)c1ccccc1N(I)c1cccc2c1oc1c(C(C)(C)C)cccc12. The van der Waals surface area contributed by atoms with Gasteiger partial charge < -0.3 is 4.42 Å². The van der Waals surface area contributed by atoms with Gasteiger partial charge >= 0.3 is 0 Å². The molecule has 1 heterocycles. The first-order valence-electron chi connectivity index (χ1n) is 9.78. The van der Waals surface area contributed by atoms with Crippen LogP contribution < -0.4 is 3.11 Å². The number of anilines is 2. The maximum atomic E-state index is 6.54. The van der Waals surface area contributed by atoms with E-state index in [2.05, 4.69) is 121 Å². The molecule has 0 N–H and O–H groups in total. The van der Waals surface area contributed by atoms with Gasteiger partial charge in [0.1, 0.15) is 5.58 Å². The Bertz CT molecular complexity index is 1150. The van der Waals surface area contributed by atoms with E-state index in [1.165, 1.54) is 27.6 Å². The lowest BCUT2D eigenvalue weighted by molar-refractivity contribution is 0.573. The first-order chi connectivity index (χ1) is 13.3. The minimum atomic E-state index is 0.0296. The maximum absolute atomic E-state index is 6.54. The van der Waals surface area contributed by atoms with E-state index >= 15 is 0 Å². The Labute approximate surface area is 181 Å². The summed E-state index contributed by atoms with van der Waals surface area (Å²) in [6, 6.07) is 21.5. The first kappa shape index (κ1) is 19.3. The number of nitrogens with zero attached hydrogens (tertiary/aromatic N) is 1. The number of furan rings is 1. The van der Waals surface area contributed by atoms with E-state index in [1.54, 1.807) is 0 Å². The van der Waals surface area contributed by atoms with Crippen LogP contribution in [0.1, 0.15) is 51.7 Å². The maximum Gasteiger partial charge on any atom is 0.159 e. The second kappa shape index (κ2) is 7.11. The molecule has 0 radical (unpaired) electrons. The summed E-state index contributed by atoms with van der Waals surface area (Å²) >= 11 is 2.40. The lowest BCUT2D eigenvalue weighted by atomic mass is 9.86. The van der Waals surface area contributed by atoms with Crippen molar-refractivity contribution in [3.63, 3.8) is 0 Å². The molecule has 0 spiro atoms. The van der Waals surface area contributed by atoms with Gasteiger partial charge in [-0.3, -0.25) is 3.11 Å². The lowest BCUT2D eigenvalue weighted by Gasteiger charge is -2.22. The van der Waals surface area contributed by atoms with Gasteiger partial charge in [0.2, 0.25) is 0 Å². The minimum absolute atomic E-state index is 0.0296. The molecule has 0 aliphatic heterocycles. The van der Waals surface area contributed by atoms with E-state index in [1.807, 2.05) is 0 Å². The van der Waals surface area contributed by atoms with Crippen molar-refractivity contribution >= 4 is 56.2 Å². The van der Waals surface area contributed by atoms with Gasteiger partial charge in [-0.15, -0.1) is 0 Å². The van der Waals surface area contributed by atoms with Crippen LogP contribution in [-0.4, -0.2) is 0 Å². The molecule has 2 nitrogen and oxygen atoms in total. The van der Waals surface area contributed by atoms with Crippen LogP contribution in [0.15, 0.2) is 65.1 Å². The molecule has 0 saturated carbocycles. The minimum Gasteiger partial charge on any atom is -0.454 e. The summed E-state index contributed by atoms with van der Waals surface area (Å²) < 4.78 is 8.77. The summed E-state index contributed by atoms with van der Waals surface area (Å²) in [5.74, 6) is 0.454. The van der Waals surface area contributed by atoms with Crippen LogP contribution in [0.25, 0.3) is 21.9 Å². The van der Waals surface area contributed by atoms with Crippen LogP contribution in [0, 0.1) is 0 Å². The Hall–Kier alpha value is -2.01. The number of rotatable bonds is 3. The van der Waals surface area contributed by atoms with Crippen LogP contribution >= 0.6 is 22.9 Å². The largest absolute Gasteiger partial charge is 0.454 e. The highest BCUT2D eigenvalue weighted by Gasteiger charge is 2.23. The quantitative estimate of drug-likeness (QED) is 0.215. The molecule has 4 aromatic rings. The van der Waals surface area contributed by atoms with Crippen LogP contribution in [0.4, 0.5) is 11.4 Å². The number of halogens is 1. The zero-order valence-corrected chi connectivity index (χ0v) is 19.2. The molecule has 4 rings (SSSR count). The van der Waals surface area contributed by atoms with Crippen LogP contribution in [0.2, 0.25) is 0 Å². The van der Waals surface area contributed by atoms with Gasteiger partial charge in [-0.25, -0.2) is 0 Å². The molecule has 144 valence electrons.